The molecule has 0 aliphatic carbocycles. The zero-order valence-corrected chi connectivity index (χ0v) is 11.8. The van der Waals surface area contributed by atoms with E-state index in [0.29, 0.717) is 10.8 Å². The van der Waals surface area contributed by atoms with Crippen LogP contribution in [0.25, 0.3) is 0 Å². The van der Waals surface area contributed by atoms with Crippen molar-refractivity contribution in [2.75, 3.05) is 0 Å². The molecule has 5 nitrogen and oxygen atoms in total. The third kappa shape index (κ3) is 3.48. The maximum atomic E-state index is 13.5. The largest absolute Gasteiger partial charge is 0.456 e. The van der Waals surface area contributed by atoms with Crippen LogP contribution in [0.2, 0.25) is 5.02 Å². The second-order valence-corrected chi connectivity index (χ2v) is 4.86. The first-order chi connectivity index (χ1) is 9.88. The molecule has 0 fully saturated rings. The first-order valence-electron chi connectivity index (χ1n) is 6.05. The summed E-state index contributed by atoms with van der Waals surface area (Å²) in [6, 6.07) is 8.12. The van der Waals surface area contributed by atoms with E-state index in [4.69, 9.17) is 22.1 Å². The lowest BCUT2D eigenvalue weighted by atomic mass is 10.1. The Morgan fingerprint density at radius 2 is 2.05 bits per heavy atom. The van der Waals surface area contributed by atoms with Crippen molar-refractivity contribution in [3.63, 3.8) is 0 Å². The molecule has 0 aliphatic rings. The van der Waals surface area contributed by atoms with Crippen molar-refractivity contribution in [1.82, 2.24) is 0 Å². The Morgan fingerprint density at radius 1 is 1.33 bits per heavy atom. The lowest BCUT2D eigenvalue weighted by Gasteiger charge is -2.11. The number of benzene rings is 2. The topological polar surface area (TPSA) is 78.4 Å². The summed E-state index contributed by atoms with van der Waals surface area (Å²) in [5.74, 6) is -0.538. The van der Waals surface area contributed by atoms with Crippen molar-refractivity contribution in [3.05, 3.63) is 62.9 Å². The SMILES string of the molecule is C[C@@H](N)c1ccc(Oc2ccc([N+](=O)[O-])c(F)c2)c(Cl)c1. The van der Waals surface area contributed by atoms with Gasteiger partial charge < -0.3 is 10.5 Å². The number of hydrogen-bond acceptors (Lipinski definition) is 4. The Kier molecular flexibility index (Phi) is 4.40. The molecule has 0 aromatic heterocycles. The number of nitro groups is 1. The molecule has 0 saturated carbocycles. The third-order valence-electron chi connectivity index (χ3n) is 2.83. The molecule has 110 valence electrons. The van der Waals surface area contributed by atoms with Crippen LogP contribution in [0.5, 0.6) is 11.5 Å². The van der Waals surface area contributed by atoms with Gasteiger partial charge in [0, 0.05) is 18.2 Å². The zero-order chi connectivity index (χ0) is 15.6. The first-order valence-corrected chi connectivity index (χ1v) is 6.43. The normalized spacial score (nSPS) is 12.0. The van der Waals surface area contributed by atoms with Gasteiger partial charge in [0.05, 0.1) is 9.95 Å². The summed E-state index contributed by atoms with van der Waals surface area (Å²) in [5.41, 5.74) is 5.96. The molecular weight excluding hydrogens is 299 g/mol. The molecule has 0 aliphatic heterocycles. The number of nitro benzene ring substituents is 1. The third-order valence-corrected chi connectivity index (χ3v) is 3.12. The second-order valence-electron chi connectivity index (χ2n) is 4.45. The molecule has 0 bridgehead atoms. The first kappa shape index (κ1) is 15.2. The molecule has 0 radical (unpaired) electrons. The van der Waals surface area contributed by atoms with Gasteiger partial charge in [-0.2, -0.15) is 4.39 Å². The van der Waals surface area contributed by atoms with E-state index in [0.717, 1.165) is 17.7 Å². The van der Waals surface area contributed by atoms with Gasteiger partial charge in [-0.3, -0.25) is 10.1 Å². The minimum Gasteiger partial charge on any atom is -0.456 e. The highest BCUT2D eigenvalue weighted by molar-refractivity contribution is 6.32. The van der Waals surface area contributed by atoms with Crippen LogP contribution in [-0.4, -0.2) is 4.92 Å². The molecule has 7 heteroatoms. The van der Waals surface area contributed by atoms with Gasteiger partial charge in [0.25, 0.3) is 0 Å². The minimum absolute atomic E-state index is 0.119. The molecule has 0 amide bonds. The monoisotopic (exact) mass is 310 g/mol. The van der Waals surface area contributed by atoms with Crippen LogP contribution >= 0.6 is 11.6 Å². The maximum Gasteiger partial charge on any atom is 0.305 e. The molecule has 21 heavy (non-hydrogen) atoms. The Hall–Kier alpha value is -2.18. The number of rotatable bonds is 4. The summed E-state index contributed by atoms with van der Waals surface area (Å²) in [4.78, 5) is 9.74. The number of nitrogens with two attached hydrogens (primary N) is 1. The quantitative estimate of drug-likeness (QED) is 0.678. The van der Waals surface area contributed by atoms with Crippen molar-refractivity contribution in [2.45, 2.75) is 13.0 Å². The molecule has 0 unspecified atom stereocenters. The van der Waals surface area contributed by atoms with E-state index in [1.807, 2.05) is 6.92 Å². The predicted octanol–water partition coefficient (Wildman–Crippen LogP) is 4.20. The van der Waals surface area contributed by atoms with Crippen LogP contribution in [0.15, 0.2) is 36.4 Å². The van der Waals surface area contributed by atoms with Crippen molar-refractivity contribution in [2.24, 2.45) is 5.73 Å². The number of nitrogens with zero attached hydrogens (tertiary/aromatic N) is 1. The average molecular weight is 311 g/mol. The van der Waals surface area contributed by atoms with Gasteiger partial charge in [0.1, 0.15) is 11.5 Å². The van der Waals surface area contributed by atoms with Gasteiger partial charge in [0.15, 0.2) is 0 Å². The number of hydrogen-bond donors (Lipinski definition) is 1. The van der Waals surface area contributed by atoms with Gasteiger partial charge in [-0.15, -0.1) is 0 Å². The number of halogens is 2. The van der Waals surface area contributed by atoms with Crippen LogP contribution in [0.4, 0.5) is 10.1 Å². The van der Waals surface area contributed by atoms with Crippen molar-refractivity contribution < 1.29 is 14.1 Å². The Balaban J connectivity index is 2.26. The van der Waals surface area contributed by atoms with E-state index in [1.54, 1.807) is 18.2 Å². The van der Waals surface area contributed by atoms with Crippen LogP contribution < -0.4 is 10.5 Å². The van der Waals surface area contributed by atoms with Gasteiger partial charge in [-0.1, -0.05) is 17.7 Å². The van der Waals surface area contributed by atoms with E-state index in [2.05, 4.69) is 0 Å². The van der Waals surface area contributed by atoms with Gasteiger partial charge in [-0.25, -0.2) is 0 Å². The fourth-order valence-corrected chi connectivity index (χ4v) is 1.94. The Bertz CT molecular complexity index is 692. The van der Waals surface area contributed by atoms with Crippen molar-refractivity contribution in [3.8, 4) is 11.5 Å². The van der Waals surface area contributed by atoms with E-state index in [9.17, 15) is 14.5 Å². The standard InChI is InChI=1S/C14H12ClFN2O3/c1-8(17)9-2-5-14(11(15)6-9)21-10-3-4-13(18(19)20)12(16)7-10/h2-8H,17H2,1H3/t8-/m1/s1. The van der Waals surface area contributed by atoms with Gasteiger partial charge in [0.2, 0.25) is 5.82 Å². The molecule has 2 aromatic rings. The summed E-state index contributed by atoms with van der Waals surface area (Å²) < 4.78 is 18.9. The average Bonchev–Trinajstić information content (AvgIpc) is 2.40. The van der Waals surface area contributed by atoms with E-state index >= 15 is 0 Å². The van der Waals surface area contributed by atoms with Crippen LogP contribution in [0.3, 0.4) is 0 Å². The molecule has 1 atom stereocenters. The highest BCUT2D eigenvalue weighted by Gasteiger charge is 2.15. The van der Waals surface area contributed by atoms with Crippen molar-refractivity contribution in [1.29, 1.82) is 0 Å². The van der Waals surface area contributed by atoms with E-state index in [1.165, 1.54) is 6.07 Å². The molecule has 0 saturated heterocycles. The second kappa shape index (κ2) is 6.07. The van der Waals surface area contributed by atoms with E-state index in [-0.39, 0.29) is 11.8 Å². The lowest BCUT2D eigenvalue weighted by Crippen LogP contribution is -2.04. The summed E-state index contributed by atoms with van der Waals surface area (Å²) in [5, 5.41) is 10.9. The maximum absolute atomic E-state index is 13.5. The molecular formula is C14H12ClFN2O3. The smallest absolute Gasteiger partial charge is 0.305 e. The molecule has 2 aromatic carbocycles. The highest BCUT2D eigenvalue weighted by Crippen LogP contribution is 2.32. The van der Waals surface area contributed by atoms with Crippen LogP contribution in [-0.2, 0) is 0 Å². The van der Waals surface area contributed by atoms with Crippen molar-refractivity contribution >= 4 is 17.3 Å². The molecule has 2 rings (SSSR count). The highest BCUT2D eigenvalue weighted by atomic mass is 35.5. The van der Waals surface area contributed by atoms with Gasteiger partial charge in [-0.05, 0) is 30.7 Å². The number of ether oxygens (including phenoxy) is 1. The molecule has 0 heterocycles. The fraction of sp³-hybridized carbons (Fsp3) is 0.143. The van der Waals surface area contributed by atoms with Crippen LogP contribution in [0, 0.1) is 15.9 Å². The fourth-order valence-electron chi connectivity index (χ4n) is 1.71. The Labute approximate surface area is 125 Å². The zero-order valence-electron chi connectivity index (χ0n) is 11.0. The summed E-state index contributed by atoms with van der Waals surface area (Å²) in [6.45, 7) is 1.82. The Morgan fingerprint density at radius 3 is 2.57 bits per heavy atom. The molecule has 2 N–H and O–H groups in total. The lowest BCUT2D eigenvalue weighted by molar-refractivity contribution is -0.387. The van der Waals surface area contributed by atoms with Gasteiger partial charge >= 0.3 is 5.69 Å². The van der Waals surface area contributed by atoms with Crippen LogP contribution in [0.1, 0.15) is 18.5 Å². The predicted molar refractivity (Wildman–Crippen MR) is 77.2 cm³/mol. The van der Waals surface area contributed by atoms with E-state index < -0.39 is 16.4 Å². The minimum atomic E-state index is -0.971. The molecule has 0 spiro atoms. The summed E-state index contributed by atoms with van der Waals surface area (Å²) in [7, 11) is 0. The summed E-state index contributed by atoms with van der Waals surface area (Å²) >= 11 is 6.06. The summed E-state index contributed by atoms with van der Waals surface area (Å²) in [6.07, 6.45) is 0.